The number of ether oxygens (including phenoxy) is 1. The minimum absolute atomic E-state index is 0.119. The van der Waals surface area contributed by atoms with Crippen LogP contribution in [0.3, 0.4) is 0 Å². The Bertz CT molecular complexity index is 344. The molecule has 1 rings (SSSR count). The minimum Gasteiger partial charge on any atom is -0.455 e. The van der Waals surface area contributed by atoms with E-state index in [1.165, 1.54) is 0 Å². The van der Waals surface area contributed by atoms with Crippen molar-refractivity contribution < 1.29 is 14.3 Å². The Morgan fingerprint density at radius 3 is 2.61 bits per heavy atom. The highest BCUT2D eigenvalue weighted by atomic mass is 16.6. The zero-order valence-electron chi connectivity index (χ0n) is 11.9. The summed E-state index contributed by atoms with van der Waals surface area (Å²) in [7, 11) is 0. The summed E-state index contributed by atoms with van der Waals surface area (Å²) < 4.78 is 5.31. The number of rotatable bonds is 6. The lowest BCUT2D eigenvalue weighted by molar-refractivity contribution is -0.144. The number of ketones is 1. The summed E-state index contributed by atoms with van der Waals surface area (Å²) in [5, 5.41) is 0. The van der Waals surface area contributed by atoms with Crippen molar-refractivity contribution in [3.05, 3.63) is 12.2 Å². The van der Waals surface area contributed by atoms with Gasteiger partial charge < -0.3 is 9.53 Å². The zero-order valence-corrected chi connectivity index (χ0v) is 11.9. The molecule has 1 aliphatic rings. The van der Waals surface area contributed by atoms with Crippen molar-refractivity contribution >= 4 is 11.8 Å². The van der Waals surface area contributed by atoms with Gasteiger partial charge in [0.25, 0.3) is 0 Å². The average molecular weight is 252 g/mol. The monoisotopic (exact) mass is 252 g/mol. The van der Waals surface area contributed by atoms with Gasteiger partial charge in [0.1, 0.15) is 11.4 Å². The molecule has 0 amide bonds. The van der Waals surface area contributed by atoms with Crippen molar-refractivity contribution in [2.75, 3.05) is 0 Å². The third-order valence-electron chi connectivity index (χ3n) is 3.55. The van der Waals surface area contributed by atoms with Crippen molar-refractivity contribution in [1.29, 1.82) is 0 Å². The summed E-state index contributed by atoms with van der Waals surface area (Å²) in [4.78, 5) is 22.2. The van der Waals surface area contributed by atoms with Crippen LogP contribution >= 0.6 is 0 Å². The van der Waals surface area contributed by atoms with Gasteiger partial charge in [-0.3, -0.25) is 4.79 Å². The van der Waals surface area contributed by atoms with Gasteiger partial charge in [-0.1, -0.05) is 19.9 Å². The molecule has 18 heavy (non-hydrogen) atoms. The quantitative estimate of drug-likeness (QED) is 0.538. The van der Waals surface area contributed by atoms with Crippen molar-refractivity contribution in [2.45, 2.75) is 59.0 Å². The Labute approximate surface area is 110 Å². The molecule has 3 heteroatoms. The van der Waals surface area contributed by atoms with Crippen molar-refractivity contribution in [1.82, 2.24) is 0 Å². The Hall–Kier alpha value is -1.12. The average Bonchev–Trinajstić information content (AvgIpc) is 2.58. The number of hydrogen-bond acceptors (Lipinski definition) is 3. The second-order valence-electron chi connectivity index (χ2n) is 5.79. The van der Waals surface area contributed by atoms with Gasteiger partial charge in [0.05, 0.1) is 0 Å². The molecule has 2 atom stereocenters. The normalized spacial score (nSPS) is 25.7. The summed E-state index contributed by atoms with van der Waals surface area (Å²) in [5.74, 6) is 0.964. The van der Waals surface area contributed by atoms with E-state index in [1.54, 1.807) is 6.92 Å². The molecular weight excluding hydrogens is 228 g/mol. The second kappa shape index (κ2) is 6.17. The Balaban J connectivity index is 2.59. The molecular formula is C15H24O3. The van der Waals surface area contributed by atoms with Gasteiger partial charge in [-0.25, -0.2) is 0 Å². The first-order valence-corrected chi connectivity index (χ1v) is 6.73. The lowest BCUT2D eigenvalue weighted by Gasteiger charge is -2.21. The molecule has 0 unspecified atom stereocenters. The van der Waals surface area contributed by atoms with Crippen molar-refractivity contribution in [2.24, 2.45) is 11.8 Å². The fourth-order valence-electron chi connectivity index (χ4n) is 2.18. The molecule has 3 nitrogen and oxygen atoms in total. The topological polar surface area (TPSA) is 43.4 Å². The van der Waals surface area contributed by atoms with Crippen LogP contribution in [-0.2, 0) is 14.3 Å². The van der Waals surface area contributed by atoms with E-state index in [-0.39, 0.29) is 11.8 Å². The Kier molecular flexibility index (Phi) is 5.12. The molecule has 0 aromatic carbocycles. The molecule has 0 radical (unpaired) electrons. The van der Waals surface area contributed by atoms with E-state index >= 15 is 0 Å². The van der Waals surface area contributed by atoms with Gasteiger partial charge in [-0.2, -0.15) is 0 Å². The summed E-state index contributed by atoms with van der Waals surface area (Å²) >= 11 is 0. The molecule has 0 aromatic rings. The van der Waals surface area contributed by atoms with Gasteiger partial charge in [0.15, 0.2) is 0 Å². The van der Waals surface area contributed by atoms with Crippen LogP contribution in [-0.4, -0.2) is 17.4 Å². The van der Waals surface area contributed by atoms with Gasteiger partial charge in [0.2, 0.25) is 0 Å². The number of allylic oxidation sites excluding steroid dienone is 1. The van der Waals surface area contributed by atoms with Gasteiger partial charge in [-0.05, 0) is 38.2 Å². The molecule has 1 heterocycles. The molecule has 0 aliphatic carbocycles. The molecule has 1 fully saturated rings. The fraction of sp³-hybridized carbons (Fsp3) is 0.733. The number of hydrogen-bond donors (Lipinski definition) is 0. The van der Waals surface area contributed by atoms with E-state index in [4.69, 9.17) is 4.74 Å². The Morgan fingerprint density at radius 1 is 1.50 bits per heavy atom. The van der Waals surface area contributed by atoms with E-state index in [1.807, 2.05) is 13.0 Å². The number of Topliss-reactive ketones (excluding diaryl/α,β-unsaturated/α-hetero) is 1. The highest BCUT2D eigenvalue weighted by Gasteiger charge is 2.33. The van der Waals surface area contributed by atoms with Crippen molar-refractivity contribution in [3.63, 3.8) is 0 Å². The summed E-state index contributed by atoms with van der Waals surface area (Å²) in [6.45, 7) is 7.87. The SMILES string of the molecule is CC(=O)CC[C@H](/C=C/[C@@]1(C)CCC(=O)O1)C(C)C. The summed E-state index contributed by atoms with van der Waals surface area (Å²) in [6.07, 6.45) is 6.85. The van der Waals surface area contributed by atoms with Crippen molar-refractivity contribution in [3.8, 4) is 0 Å². The smallest absolute Gasteiger partial charge is 0.306 e. The van der Waals surface area contributed by atoms with E-state index < -0.39 is 5.60 Å². The summed E-state index contributed by atoms with van der Waals surface area (Å²) in [5.41, 5.74) is -0.444. The maximum Gasteiger partial charge on any atom is 0.306 e. The maximum absolute atomic E-state index is 11.2. The fourth-order valence-corrected chi connectivity index (χ4v) is 2.18. The van der Waals surface area contributed by atoms with Crippen LogP contribution in [0.15, 0.2) is 12.2 Å². The Morgan fingerprint density at radius 2 is 2.17 bits per heavy atom. The molecule has 0 spiro atoms. The van der Waals surface area contributed by atoms with E-state index in [0.717, 1.165) is 12.8 Å². The standard InChI is InChI=1S/C15H24O3/c1-11(2)13(6-5-12(3)16)7-9-15(4)10-8-14(17)18-15/h7,9,11,13H,5-6,8,10H2,1-4H3/b9-7+/t13-,15+/m1/s1. The number of carbonyl (C=O) groups excluding carboxylic acids is 2. The van der Waals surface area contributed by atoms with E-state index in [0.29, 0.717) is 24.7 Å². The van der Waals surface area contributed by atoms with Crippen LogP contribution in [0.1, 0.15) is 53.4 Å². The third-order valence-corrected chi connectivity index (χ3v) is 3.55. The minimum atomic E-state index is -0.444. The predicted molar refractivity (Wildman–Crippen MR) is 71.1 cm³/mol. The first-order valence-electron chi connectivity index (χ1n) is 6.73. The number of esters is 1. The zero-order chi connectivity index (χ0) is 13.8. The predicted octanol–water partition coefficient (Wildman–Crippen LogP) is 3.28. The molecule has 1 saturated heterocycles. The first-order chi connectivity index (χ1) is 8.32. The molecule has 0 bridgehead atoms. The third kappa shape index (κ3) is 4.63. The lowest BCUT2D eigenvalue weighted by atomic mass is 9.88. The molecule has 102 valence electrons. The molecule has 0 saturated carbocycles. The molecule has 0 N–H and O–H groups in total. The van der Waals surface area contributed by atoms with Crippen LogP contribution in [0, 0.1) is 11.8 Å². The van der Waals surface area contributed by atoms with Crippen LogP contribution in [0.25, 0.3) is 0 Å². The second-order valence-corrected chi connectivity index (χ2v) is 5.79. The highest BCUT2D eigenvalue weighted by molar-refractivity contribution is 5.75. The lowest BCUT2D eigenvalue weighted by Crippen LogP contribution is -2.21. The largest absolute Gasteiger partial charge is 0.455 e. The highest BCUT2D eigenvalue weighted by Crippen LogP contribution is 2.29. The van der Waals surface area contributed by atoms with Gasteiger partial charge in [-0.15, -0.1) is 0 Å². The van der Waals surface area contributed by atoms with Crippen LogP contribution < -0.4 is 0 Å². The van der Waals surface area contributed by atoms with Crippen LogP contribution in [0.2, 0.25) is 0 Å². The number of cyclic esters (lactones) is 1. The molecule has 1 aliphatic heterocycles. The maximum atomic E-state index is 11.2. The van der Waals surface area contributed by atoms with Crippen LogP contribution in [0.5, 0.6) is 0 Å². The summed E-state index contributed by atoms with van der Waals surface area (Å²) in [6, 6.07) is 0. The van der Waals surface area contributed by atoms with E-state index in [2.05, 4.69) is 19.9 Å². The van der Waals surface area contributed by atoms with Crippen LogP contribution in [0.4, 0.5) is 0 Å². The van der Waals surface area contributed by atoms with Gasteiger partial charge in [0, 0.05) is 19.3 Å². The first kappa shape index (κ1) is 14.9. The van der Waals surface area contributed by atoms with E-state index in [9.17, 15) is 9.59 Å². The molecule has 0 aromatic heterocycles. The number of carbonyl (C=O) groups is 2. The van der Waals surface area contributed by atoms with Gasteiger partial charge >= 0.3 is 5.97 Å².